The molecule has 0 spiro atoms. The Balaban J connectivity index is 3.02. The fourth-order valence-electron chi connectivity index (χ4n) is 1.22. The van der Waals surface area contributed by atoms with Gasteiger partial charge in [-0.2, -0.15) is 13.2 Å². The molecule has 0 unspecified atom stereocenters. The molecular formula is C11H13F3N2O3. The van der Waals surface area contributed by atoms with Crippen molar-refractivity contribution in [3.63, 3.8) is 0 Å². The summed E-state index contributed by atoms with van der Waals surface area (Å²) in [5, 5.41) is 1.95. The second kappa shape index (κ2) is 4.94. The summed E-state index contributed by atoms with van der Waals surface area (Å²) in [6, 6.07) is 1.74. The van der Waals surface area contributed by atoms with Crippen LogP contribution in [-0.4, -0.2) is 16.7 Å². The van der Waals surface area contributed by atoms with Crippen LogP contribution < -0.4 is 10.9 Å². The molecule has 0 aliphatic rings. The molecule has 1 rings (SSSR count). The first kappa shape index (κ1) is 15.1. The second-order valence-corrected chi connectivity index (χ2v) is 4.74. The number of hydrogen-bond donors (Lipinski definition) is 2. The van der Waals surface area contributed by atoms with Gasteiger partial charge in [0, 0.05) is 6.07 Å². The van der Waals surface area contributed by atoms with Gasteiger partial charge in [-0.25, -0.2) is 4.79 Å². The number of aromatic amines is 1. The molecule has 1 aromatic heterocycles. The van der Waals surface area contributed by atoms with Crippen LogP contribution in [0.25, 0.3) is 0 Å². The molecule has 0 fully saturated rings. The molecule has 0 atom stereocenters. The quantitative estimate of drug-likeness (QED) is 0.829. The number of rotatable bonds is 1. The zero-order valence-electron chi connectivity index (χ0n) is 10.5. The van der Waals surface area contributed by atoms with Crippen LogP contribution in [0, 0.1) is 0 Å². The van der Waals surface area contributed by atoms with E-state index in [-0.39, 0.29) is 0 Å². The smallest absolute Gasteiger partial charge is 0.433 e. The molecule has 8 heteroatoms. The van der Waals surface area contributed by atoms with Gasteiger partial charge in [-0.3, -0.25) is 10.1 Å². The summed E-state index contributed by atoms with van der Waals surface area (Å²) >= 11 is 0. The van der Waals surface area contributed by atoms with Gasteiger partial charge >= 0.3 is 12.3 Å². The predicted molar refractivity (Wildman–Crippen MR) is 61.9 cm³/mol. The number of amides is 1. The molecule has 1 amide bonds. The van der Waals surface area contributed by atoms with E-state index in [2.05, 4.69) is 0 Å². The third-order valence-electron chi connectivity index (χ3n) is 1.84. The second-order valence-electron chi connectivity index (χ2n) is 4.74. The van der Waals surface area contributed by atoms with Crippen LogP contribution in [0.1, 0.15) is 26.5 Å². The number of halogens is 3. The first-order valence-corrected chi connectivity index (χ1v) is 5.29. The van der Waals surface area contributed by atoms with Crippen molar-refractivity contribution >= 4 is 11.8 Å². The van der Waals surface area contributed by atoms with Crippen molar-refractivity contribution in [3.8, 4) is 0 Å². The van der Waals surface area contributed by atoms with Gasteiger partial charge in [-0.15, -0.1) is 0 Å². The summed E-state index contributed by atoms with van der Waals surface area (Å²) in [7, 11) is 0. The van der Waals surface area contributed by atoms with Crippen LogP contribution >= 0.6 is 0 Å². The van der Waals surface area contributed by atoms with Gasteiger partial charge in [-0.1, -0.05) is 0 Å². The molecule has 5 nitrogen and oxygen atoms in total. The largest absolute Gasteiger partial charge is 0.444 e. The lowest BCUT2D eigenvalue weighted by Crippen LogP contribution is -2.28. The van der Waals surface area contributed by atoms with Gasteiger partial charge in [0.25, 0.3) is 0 Å². The highest BCUT2D eigenvalue weighted by molar-refractivity contribution is 5.85. The van der Waals surface area contributed by atoms with Gasteiger partial charge in [0.05, 0.1) is 5.69 Å². The Labute approximate surface area is 106 Å². The number of anilines is 1. The zero-order chi connectivity index (χ0) is 14.8. The molecule has 0 radical (unpaired) electrons. The number of ether oxygens (including phenoxy) is 1. The van der Waals surface area contributed by atoms with E-state index in [0.29, 0.717) is 0 Å². The van der Waals surface area contributed by atoms with Crippen molar-refractivity contribution in [2.45, 2.75) is 32.5 Å². The van der Waals surface area contributed by atoms with Crippen LogP contribution in [0.2, 0.25) is 0 Å². The van der Waals surface area contributed by atoms with Gasteiger partial charge in [0.2, 0.25) is 5.56 Å². The third kappa shape index (κ3) is 4.65. The Morgan fingerprint density at radius 3 is 2.32 bits per heavy atom. The average Bonchev–Trinajstić information content (AvgIpc) is 2.16. The molecule has 106 valence electrons. The Morgan fingerprint density at radius 2 is 1.84 bits per heavy atom. The molecule has 2 N–H and O–H groups in total. The van der Waals surface area contributed by atoms with Crippen molar-refractivity contribution in [2.75, 3.05) is 5.32 Å². The van der Waals surface area contributed by atoms with Crippen LogP contribution in [0.5, 0.6) is 0 Å². The molecule has 19 heavy (non-hydrogen) atoms. The summed E-state index contributed by atoms with van der Waals surface area (Å²) in [6.45, 7) is 4.72. The van der Waals surface area contributed by atoms with E-state index in [1.807, 2.05) is 5.32 Å². The number of pyridine rings is 1. The van der Waals surface area contributed by atoms with Gasteiger partial charge in [0.1, 0.15) is 11.3 Å². The predicted octanol–water partition coefficient (Wildman–Crippen LogP) is 2.74. The number of carbonyl (C=O) groups is 1. The Hall–Kier alpha value is -1.99. The fraction of sp³-hybridized carbons (Fsp3) is 0.455. The molecule has 0 aromatic carbocycles. The van der Waals surface area contributed by atoms with Gasteiger partial charge in [0.15, 0.2) is 0 Å². The summed E-state index contributed by atoms with van der Waals surface area (Å²) in [5.41, 5.74) is -3.65. The lowest BCUT2D eigenvalue weighted by molar-refractivity contribution is -0.140. The van der Waals surface area contributed by atoms with Crippen LogP contribution in [0.4, 0.5) is 23.7 Å². The summed E-state index contributed by atoms with van der Waals surface area (Å²) in [4.78, 5) is 23.9. The average molecular weight is 278 g/mol. The molecule has 0 aliphatic heterocycles. The number of aromatic nitrogens is 1. The molecule has 0 saturated carbocycles. The van der Waals surface area contributed by atoms with E-state index in [0.717, 1.165) is 12.1 Å². The molecule has 0 saturated heterocycles. The van der Waals surface area contributed by atoms with Crippen molar-refractivity contribution in [1.82, 2.24) is 4.98 Å². The van der Waals surface area contributed by atoms with E-state index in [1.54, 1.807) is 25.8 Å². The van der Waals surface area contributed by atoms with E-state index in [1.165, 1.54) is 0 Å². The van der Waals surface area contributed by atoms with Gasteiger partial charge < -0.3 is 9.72 Å². The van der Waals surface area contributed by atoms with Crippen molar-refractivity contribution in [2.24, 2.45) is 0 Å². The van der Waals surface area contributed by atoms with E-state index in [9.17, 15) is 22.8 Å². The first-order chi connectivity index (χ1) is 8.49. The lowest BCUT2D eigenvalue weighted by atomic mass is 10.2. The maximum absolute atomic E-state index is 12.7. The zero-order valence-corrected chi connectivity index (χ0v) is 10.5. The van der Waals surface area contributed by atoms with Crippen LogP contribution in [0.15, 0.2) is 16.9 Å². The number of alkyl halides is 3. The lowest BCUT2D eigenvalue weighted by Gasteiger charge is -2.20. The van der Waals surface area contributed by atoms with Crippen LogP contribution in [-0.2, 0) is 10.9 Å². The topological polar surface area (TPSA) is 71.2 Å². The highest BCUT2D eigenvalue weighted by Gasteiger charge is 2.35. The minimum absolute atomic E-state index is 0.568. The van der Waals surface area contributed by atoms with Crippen molar-refractivity contribution in [3.05, 3.63) is 28.2 Å². The monoisotopic (exact) mass is 278 g/mol. The Morgan fingerprint density at radius 1 is 1.26 bits per heavy atom. The van der Waals surface area contributed by atoms with E-state index >= 15 is 0 Å². The molecule has 1 heterocycles. The highest BCUT2D eigenvalue weighted by Crippen LogP contribution is 2.32. The SMILES string of the molecule is CC(C)(C)OC(=O)Nc1ccc(=O)[nH]c1C(F)(F)F. The minimum atomic E-state index is -4.79. The minimum Gasteiger partial charge on any atom is -0.444 e. The number of H-pyrrole nitrogens is 1. The fourth-order valence-corrected chi connectivity index (χ4v) is 1.22. The molecule has 0 aliphatic carbocycles. The standard InChI is InChI=1S/C11H13F3N2O3/c1-10(2,3)19-9(18)15-6-4-5-7(17)16-8(6)11(12,13)14/h4-5H,1-3H3,(H,15,18)(H,16,17). The highest BCUT2D eigenvalue weighted by atomic mass is 19.4. The van der Waals surface area contributed by atoms with Crippen LogP contribution in [0.3, 0.4) is 0 Å². The molecule has 0 bridgehead atoms. The molecule has 1 aromatic rings. The van der Waals surface area contributed by atoms with Gasteiger partial charge in [-0.05, 0) is 26.8 Å². The maximum atomic E-state index is 12.7. The van der Waals surface area contributed by atoms with Crippen molar-refractivity contribution < 1.29 is 22.7 Å². The number of carbonyl (C=O) groups excluding carboxylic acids is 1. The van der Waals surface area contributed by atoms with Crippen molar-refractivity contribution in [1.29, 1.82) is 0 Å². The summed E-state index contributed by atoms with van der Waals surface area (Å²) < 4.78 is 42.8. The first-order valence-electron chi connectivity index (χ1n) is 5.29. The molecular weight excluding hydrogens is 265 g/mol. The summed E-state index contributed by atoms with van der Waals surface area (Å²) in [5.74, 6) is 0. The normalized spacial score (nSPS) is 12.1. The summed E-state index contributed by atoms with van der Waals surface area (Å²) in [6.07, 6.45) is -5.82. The Kier molecular flexibility index (Phi) is 3.92. The Bertz CT molecular complexity index is 529. The maximum Gasteiger partial charge on any atom is 0.433 e. The van der Waals surface area contributed by atoms with E-state index in [4.69, 9.17) is 4.74 Å². The van der Waals surface area contributed by atoms with E-state index < -0.39 is 34.8 Å². The third-order valence-corrected chi connectivity index (χ3v) is 1.84. The number of hydrogen-bond acceptors (Lipinski definition) is 3. The number of nitrogens with one attached hydrogen (secondary N) is 2.